The van der Waals surface area contributed by atoms with Gasteiger partial charge in [-0.3, -0.25) is 9.69 Å². The topological polar surface area (TPSA) is 37.3 Å². The number of para-hydroxylation sites is 1. The fraction of sp³-hybridized carbons (Fsp3) is 0.423. The van der Waals surface area contributed by atoms with Crippen LogP contribution in [0.4, 0.5) is 0 Å². The van der Waals surface area contributed by atoms with Crippen LogP contribution >= 0.6 is 0 Å². The molecule has 0 aliphatic carbocycles. The molecule has 1 saturated heterocycles. The highest BCUT2D eigenvalue weighted by molar-refractivity contribution is 5.85. The van der Waals surface area contributed by atoms with Crippen molar-refractivity contribution in [1.82, 2.24) is 14.8 Å². The highest BCUT2D eigenvalue weighted by atomic mass is 16.1. The summed E-state index contributed by atoms with van der Waals surface area (Å²) in [4.78, 5) is 15.0. The van der Waals surface area contributed by atoms with Gasteiger partial charge in [0.25, 0.3) is 0 Å². The van der Waals surface area contributed by atoms with E-state index in [-0.39, 0.29) is 5.91 Å². The first-order valence-electron chi connectivity index (χ1n) is 11.3. The minimum absolute atomic E-state index is 0.161. The molecular formula is C26H33N3O. The van der Waals surface area contributed by atoms with Crippen molar-refractivity contribution in [2.75, 3.05) is 19.6 Å². The molecule has 4 nitrogen and oxygen atoms in total. The van der Waals surface area contributed by atoms with Gasteiger partial charge in [0, 0.05) is 42.7 Å². The maximum atomic E-state index is 12.5. The van der Waals surface area contributed by atoms with Crippen molar-refractivity contribution in [3.63, 3.8) is 0 Å². The third-order valence-corrected chi connectivity index (χ3v) is 6.53. The first-order valence-corrected chi connectivity index (χ1v) is 11.3. The number of hydrogen-bond acceptors (Lipinski definition) is 2. The van der Waals surface area contributed by atoms with Gasteiger partial charge in [0.1, 0.15) is 0 Å². The summed E-state index contributed by atoms with van der Waals surface area (Å²) in [6, 6.07) is 17.6. The summed E-state index contributed by atoms with van der Waals surface area (Å²) in [6.07, 6.45) is 5.99. The first kappa shape index (κ1) is 20.7. The second-order valence-corrected chi connectivity index (χ2v) is 8.45. The van der Waals surface area contributed by atoms with Crippen LogP contribution in [0.15, 0.2) is 54.7 Å². The Hall–Kier alpha value is -2.59. The minimum atomic E-state index is 0.161. The Morgan fingerprint density at radius 3 is 2.73 bits per heavy atom. The van der Waals surface area contributed by atoms with Gasteiger partial charge in [0.2, 0.25) is 5.91 Å². The fourth-order valence-corrected chi connectivity index (χ4v) is 4.73. The lowest BCUT2D eigenvalue weighted by atomic mass is 10.1. The molecule has 4 rings (SSSR count). The molecule has 3 aromatic rings. The molecule has 1 aliphatic rings. The highest BCUT2D eigenvalue weighted by Crippen LogP contribution is 2.24. The number of benzene rings is 2. The predicted octanol–water partition coefficient (Wildman–Crippen LogP) is 4.53. The van der Waals surface area contributed by atoms with E-state index >= 15 is 0 Å². The van der Waals surface area contributed by atoms with Crippen LogP contribution < -0.4 is 5.32 Å². The third-order valence-electron chi connectivity index (χ3n) is 6.53. The molecule has 1 atom stereocenters. The van der Waals surface area contributed by atoms with Crippen LogP contribution in [0.2, 0.25) is 0 Å². The van der Waals surface area contributed by atoms with Crippen LogP contribution in [0.3, 0.4) is 0 Å². The zero-order valence-corrected chi connectivity index (χ0v) is 18.2. The Morgan fingerprint density at radius 1 is 1.10 bits per heavy atom. The Bertz CT molecular complexity index is 1010. The van der Waals surface area contributed by atoms with Gasteiger partial charge in [-0.1, -0.05) is 49.4 Å². The van der Waals surface area contributed by atoms with Crippen LogP contribution in [0.25, 0.3) is 10.9 Å². The molecule has 0 saturated carbocycles. The number of rotatable bonds is 8. The quantitative estimate of drug-likeness (QED) is 0.600. The second kappa shape index (κ2) is 9.48. The molecule has 4 heteroatoms. The van der Waals surface area contributed by atoms with Gasteiger partial charge in [-0.05, 0) is 62.0 Å². The van der Waals surface area contributed by atoms with Gasteiger partial charge in [-0.2, -0.15) is 0 Å². The summed E-state index contributed by atoms with van der Waals surface area (Å²) in [5.74, 6) is 0.161. The number of likely N-dealkylation sites (N-methyl/N-ethyl adjacent to an activating group) is 1. The summed E-state index contributed by atoms with van der Waals surface area (Å²) in [7, 11) is 0. The molecule has 2 aromatic carbocycles. The average Bonchev–Trinajstić information content (AvgIpc) is 3.37. The number of amides is 1. The van der Waals surface area contributed by atoms with E-state index in [1.54, 1.807) is 0 Å². The molecule has 0 radical (unpaired) electrons. The maximum Gasteiger partial charge on any atom is 0.220 e. The Balaban J connectivity index is 1.42. The zero-order valence-electron chi connectivity index (χ0n) is 18.2. The molecule has 1 aliphatic heterocycles. The van der Waals surface area contributed by atoms with E-state index in [0.717, 1.165) is 32.6 Å². The van der Waals surface area contributed by atoms with Crippen molar-refractivity contribution < 1.29 is 4.79 Å². The lowest BCUT2D eigenvalue weighted by Gasteiger charge is -2.22. The molecule has 1 amide bonds. The number of aromatic nitrogens is 1. The van der Waals surface area contributed by atoms with Gasteiger partial charge < -0.3 is 9.88 Å². The van der Waals surface area contributed by atoms with Crippen molar-refractivity contribution in [3.8, 4) is 0 Å². The van der Waals surface area contributed by atoms with E-state index in [4.69, 9.17) is 0 Å². The van der Waals surface area contributed by atoms with E-state index in [0.29, 0.717) is 12.5 Å². The van der Waals surface area contributed by atoms with Crippen LogP contribution in [0.1, 0.15) is 42.9 Å². The molecular weight excluding hydrogens is 370 g/mol. The van der Waals surface area contributed by atoms with Crippen molar-refractivity contribution in [3.05, 3.63) is 71.4 Å². The van der Waals surface area contributed by atoms with Crippen LogP contribution in [0, 0.1) is 6.92 Å². The van der Waals surface area contributed by atoms with E-state index < -0.39 is 0 Å². The number of nitrogens with zero attached hydrogens (tertiary/aromatic N) is 2. The van der Waals surface area contributed by atoms with E-state index in [1.165, 1.54) is 40.4 Å². The molecule has 1 aromatic heterocycles. The van der Waals surface area contributed by atoms with Gasteiger partial charge in [-0.15, -0.1) is 0 Å². The summed E-state index contributed by atoms with van der Waals surface area (Å²) in [5, 5.41) is 4.43. The van der Waals surface area contributed by atoms with Crippen molar-refractivity contribution in [2.45, 2.75) is 52.1 Å². The number of carbonyl (C=O) groups is 1. The van der Waals surface area contributed by atoms with Gasteiger partial charge >= 0.3 is 0 Å². The Labute approximate surface area is 179 Å². The Morgan fingerprint density at radius 2 is 1.90 bits per heavy atom. The number of carbonyl (C=O) groups excluding carboxylic acids is 1. The summed E-state index contributed by atoms with van der Waals surface area (Å²) in [5.41, 5.74) is 5.13. The van der Waals surface area contributed by atoms with E-state index in [9.17, 15) is 4.79 Å². The zero-order chi connectivity index (χ0) is 20.9. The second-order valence-electron chi connectivity index (χ2n) is 8.45. The highest BCUT2D eigenvalue weighted by Gasteiger charge is 2.23. The van der Waals surface area contributed by atoms with Gasteiger partial charge in [0.15, 0.2) is 0 Å². The van der Waals surface area contributed by atoms with Crippen LogP contribution in [0.5, 0.6) is 0 Å². The monoisotopic (exact) mass is 403 g/mol. The van der Waals surface area contributed by atoms with Crippen molar-refractivity contribution >= 4 is 16.8 Å². The lowest BCUT2D eigenvalue weighted by molar-refractivity contribution is -0.121. The number of nitrogens with one attached hydrogen (secondary N) is 1. The van der Waals surface area contributed by atoms with Crippen LogP contribution in [-0.2, 0) is 17.8 Å². The number of aryl methyl sites for hydroxylation is 2. The minimum Gasteiger partial charge on any atom is -0.355 e. The molecule has 158 valence electrons. The summed E-state index contributed by atoms with van der Waals surface area (Å²) < 4.78 is 2.32. The lowest BCUT2D eigenvalue weighted by Crippen LogP contribution is -2.40. The molecule has 0 spiro atoms. The SMILES string of the molecule is CCN1CCC[C@@H]1CNC(=O)CCc1cn(Cc2ccccc2C)c2ccccc12. The summed E-state index contributed by atoms with van der Waals surface area (Å²) >= 11 is 0. The third kappa shape index (κ3) is 4.59. The fourth-order valence-electron chi connectivity index (χ4n) is 4.73. The molecule has 0 unspecified atom stereocenters. The van der Waals surface area contributed by atoms with Crippen molar-refractivity contribution in [1.29, 1.82) is 0 Å². The van der Waals surface area contributed by atoms with E-state index in [2.05, 4.69) is 83.4 Å². The normalized spacial score (nSPS) is 16.9. The molecule has 30 heavy (non-hydrogen) atoms. The Kier molecular flexibility index (Phi) is 6.53. The van der Waals surface area contributed by atoms with E-state index in [1.807, 2.05) is 0 Å². The average molecular weight is 404 g/mol. The maximum absolute atomic E-state index is 12.5. The molecule has 1 N–H and O–H groups in total. The smallest absolute Gasteiger partial charge is 0.220 e. The summed E-state index contributed by atoms with van der Waals surface area (Å²) in [6.45, 7) is 8.23. The molecule has 1 fully saturated rings. The molecule has 2 heterocycles. The number of hydrogen-bond donors (Lipinski definition) is 1. The molecule has 0 bridgehead atoms. The standard InChI is InChI=1S/C26H33N3O/c1-3-28-16-8-11-23(28)17-27-26(30)15-14-22-19-29(25-13-7-6-12-24(22)25)18-21-10-5-4-9-20(21)2/h4-7,9-10,12-13,19,23H,3,8,11,14-18H2,1-2H3,(H,27,30)/t23-/m1/s1. The predicted molar refractivity (Wildman–Crippen MR) is 124 cm³/mol. The van der Waals surface area contributed by atoms with Crippen molar-refractivity contribution in [2.24, 2.45) is 0 Å². The van der Waals surface area contributed by atoms with Crippen LogP contribution in [-0.4, -0.2) is 41.1 Å². The first-order chi connectivity index (χ1) is 14.7. The van der Waals surface area contributed by atoms with Gasteiger partial charge in [-0.25, -0.2) is 0 Å². The number of fused-ring (bicyclic) bond motifs is 1. The van der Waals surface area contributed by atoms with Gasteiger partial charge in [0.05, 0.1) is 0 Å². The largest absolute Gasteiger partial charge is 0.355 e. The number of likely N-dealkylation sites (tertiary alicyclic amines) is 1.